The number of esters is 2. The van der Waals surface area contributed by atoms with Crippen LogP contribution in [0.5, 0.6) is 0 Å². The summed E-state index contributed by atoms with van der Waals surface area (Å²) in [7, 11) is 0. The first-order valence-electron chi connectivity index (χ1n) is 13.3. The number of rotatable bonds is 12. The maximum absolute atomic E-state index is 12.7. The van der Waals surface area contributed by atoms with Crippen molar-refractivity contribution in [1.29, 1.82) is 0 Å². The predicted molar refractivity (Wildman–Crippen MR) is 140 cm³/mol. The van der Waals surface area contributed by atoms with Gasteiger partial charge in [-0.25, -0.2) is 0 Å². The van der Waals surface area contributed by atoms with E-state index in [0.717, 1.165) is 44.1 Å². The topological polar surface area (TPSA) is 86.7 Å². The van der Waals surface area contributed by atoms with Crippen molar-refractivity contribution in [1.82, 2.24) is 0 Å². The van der Waals surface area contributed by atoms with Crippen LogP contribution in [0.1, 0.15) is 106 Å². The van der Waals surface area contributed by atoms with E-state index in [-0.39, 0.29) is 48.5 Å². The zero-order valence-electron chi connectivity index (χ0n) is 23.1. The molecule has 0 saturated carbocycles. The molecule has 36 heavy (non-hydrogen) atoms. The fraction of sp³-hybridized carbons (Fsp3) is 0.667. The van der Waals surface area contributed by atoms with Gasteiger partial charge < -0.3 is 9.47 Å². The molecule has 0 amide bonds. The predicted octanol–water partition coefficient (Wildman–Crippen LogP) is 6.38. The first kappa shape index (κ1) is 29.7. The third-order valence-corrected chi connectivity index (χ3v) is 7.43. The number of ether oxygens (including phenoxy) is 2. The molecule has 0 spiro atoms. The van der Waals surface area contributed by atoms with Crippen LogP contribution in [0.15, 0.2) is 34.4 Å². The monoisotopic (exact) mass is 500 g/mol. The van der Waals surface area contributed by atoms with Gasteiger partial charge in [0.25, 0.3) is 0 Å². The number of Topliss-reactive ketones (excluding diaryl/α,β-unsaturated/α-hetero) is 1. The Bertz CT molecular complexity index is 944. The Hall–Kier alpha value is -2.50. The van der Waals surface area contributed by atoms with Gasteiger partial charge in [0.05, 0.1) is 0 Å². The molecule has 0 atom stereocenters. The number of allylic oxidation sites excluding steroid dienone is 6. The zero-order valence-corrected chi connectivity index (χ0v) is 23.1. The van der Waals surface area contributed by atoms with E-state index in [1.165, 1.54) is 22.8 Å². The van der Waals surface area contributed by atoms with Crippen LogP contribution in [0.4, 0.5) is 0 Å². The summed E-state index contributed by atoms with van der Waals surface area (Å²) in [6.45, 7) is 12.5. The second-order valence-corrected chi connectivity index (χ2v) is 11.5. The van der Waals surface area contributed by atoms with Crippen LogP contribution in [0.3, 0.4) is 0 Å². The molecule has 0 saturated heterocycles. The molecule has 0 N–H and O–H groups in total. The Labute approximate surface area is 216 Å². The van der Waals surface area contributed by atoms with Crippen LogP contribution >= 0.6 is 0 Å². The van der Waals surface area contributed by atoms with Crippen LogP contribution < -0.4 is 0 Å². The van der Waals surface area contributed by atoms with E-state index in [1.54, 1.807) is 0 Å². The average molecular weight is 501 g/mol. The number of hydrogen-bond acceptors (Lipinski definition) is 6. The number of carbonyl (C=O) groups is 4. The Morgan fingerprint density at radius 1 is 0.806 bits per heavy atom. The second kappa shape index (κ2) is 13.2. The molecule has 0 bridgehead atoms. The van der Waals surface area contributed by atoms with Crippen molar-refractivity contribution in [2.45, 2.75) is 106 Å². The molecule has 0 aromatic carbocycles. The van der Waals surface area contributed by atoms with E-state index in [4.69, 9.17) is 9.47 Å². The Morgan fingerprint density at radius 2 is 1.39 bits per heavy atom. The first-order chi connectivity index (χ1) is 16.8. The molecule has 6 heteroatoms. The van der Waals surface area contributed by atoms with Crippen molar-refractivity contribution in [2.24, 2.45) is 10.8 Å². The smallest absolute Gasteiger partial charge is 0.313 e. The summed E-state index contributed by atoms with van der Waals surface area (Å²) in [6.07, 6.45) is 10.2. The molecule has 0 aromatic heterocycles. The van der Waals surface area contributed by atoms with Gasteiger partial charge in [0.1, 0.15) is 19.6 Å². The molecular formula is C30H44O6. The Morgan fingerprint density at radius 3 is 2.00 bits per heavy atom. The molecule has 0 radical (unpaired) electrons. The van der Waals surface area contributed by atoms with E-state index in [9.17, 15) is 19.2 Å². The lowest BCUT2D eigenvalue weighted by Crippen LogP contribution is -2.26. The Balaban J connectivity index is 1.64. The maximum Gasteiger partial charge on any atom is 0.313 e. The van der Waals surface area contributed by atoms with Crippen LogP contribution in [0.2, 0.25) is 0 Å². The summed E-state index contributed by atoms with van der Waals surface area (Å²) in [5, 5.41) is 0. The van der Waals surface area contributed by atoms with Gasteiger partial charge in [-0.2, -0.15) is 0 Å². The van der Waals surface area contributed by atoms with Crippen LogP contribution in [-0.2, 0) is 28.7 Å². The average Bonchev–Trinajstić information content (AvgIpc) is 2.75. The van der Waals surface area contributed by atoms with Gasteiger partial charge in [-0.3, -0.25) is 19.2 Å². The van der Waals surface area contributed by atoms with Crippen molar-refractivity contribution in [3.8, 4) is 0 Å². The fourth-order valence-corrected chi connectivity index (χ4v) is 5.58. The summed E-state index contributed by atoms with van der Waals surface area (Å²) in [4.78, 5) is 48.8. The highest BCUT2D eigenvalue weighted by atomic mass is 16.6. The summed E-state index contributed by atoms with van der Waals surface area (Å²) in [5.74, 6) is -1.25. The third-order valence-electron chi connectivity index (χ3n) is 7.43. The number of hydrogen-bond donors (Lipinski definition) is 0. The molecule has 2 aliphatic rings. The molecule has 2 rings (SSSR count). The van der Waals surface area contributed by atoms with Gasteiger partial charge in [0, 0.05) is 12.8 Å². The minimum absolute atomic E-state index is 0.0273. The molecule has 0 fully saturated rings. The highest BCUT2D eigenvalue weighted by molar-refractivity contribution is 6.02. The second-order valence-electron chi connectivity index (χ2n) is 11.5. The third kappa shape index (κ3) is 8.86. The SMILES string of the molecule is CC1=C(C=CC(=O)CC(=O)OCCOC(=O)CCCC(=O)C2=C(C)CCCC2(C)C)C(C)(C)CCC1. The minimum atomic E-state index is -0.640. The normalized spacial score (nSPS) is 19.4. The van der Waals surface area contributed by atoms with Crippen LogP contribution in [-0.4, -0.2) is 36.7 Å². The van der Waals surface area contributed by atoms with Gasteiger partial charge in [0.2, 0.25) is 0 Å². The summed E-state index contributed by atoms with van der Waals surface area (Å²) in [5.41, 5.74) is 4.46. The van der Waals surface area contributed by atoms with Gasteiger partial charge >= 0.3 is 11.9 Å². The van der Waals surface area contributed by atoms with Crippen LogP contribution in [0.25, 0.3) is 0 Å². The largest absolute Gasteiger partial charge is 0.462 e. The first-order valence-corrected chi connectivity index (χ1v) is 13.3. The lowest BCUT2D eigenvalue weighted by atomic mass is 9.70. The van der Waals surface area contributed by atoms with Crippen molar-refractivity contribution < 1.29 is 28.7 Å². The molecule has 2 aliphatic carbocycles. The van der Waals surface area contributed by atoms with Crippen molar-refractivity contribution in [2.75, 3.05) is 13.2 Å². The lowest BCUT2D eigenvalue weighted by Gasteiger charge is -2.33. The molecule has 0 unspecified atom stereocenters. The highest BCUT2D eigenvalue weighted by Crippen LogP contribution is 2.41. The lowest BCUT2D eigenvalue weighted by molar-refractivity contribution is -0.153. The molecule has 0 heterocycles. The maximum atomic E-state index is 12.7. The minimum Gasteiger partial charge on any atom is -0.462 e. The van der Waals surface area contributed by atoms with Gasteiger partial charge in [-0.1, -0.05) is 44.9 Å². The van der Waals surface area contributed by atoms with Gasteiger partial charge in [-0.15, -0.1) is 0 Å². The summed E-state index contributed by atoms with van der Waals surface area (Å²) >= 11 is 0. The van der Waals surface area contributed by atoms with Crippen molar-refractivity contribution in [3.63, 3.8) is 0 Å². The number of ketones is 2. The molecule has 200 valence electrons. The van der Waals surface area contributed by atoms with Gasteiger partial charge in [-0.05, 0) is 86.8 Å². The van der Waals surface area contributed by atoms with E-state index < -0.39 is 11.9 Å². The molecule has 0 aromatic rings. The number of carbonyl (C=O) groups excluding carboxylic acids is 4. The standard InChI is InChI=1S/C30H44O6/c1-21-10-8-16-29(3,4)24(21)15-14-23(31)20-27(34)36-19-18-35-26(33)13-7-12-25(32)28-22(2)11-9-17-30(28,5)6/h14-15H,7-13,16-20H2,1-6H3. The van der Waals surface area contributed by atoms with E-state index in [0.29, 0.717) is 12.8 Å². The van der Waals surface area contributed by atoms with E-state index in [1.807, 2.05) is 13.0 Å². The fourth-order valence-electron chi connectivity index (χ4n) is 5.58. The van der Waals surface area contributed by atoms with E-state index >= 15 is 0 Å². The summed E-state index contributed by atoms with van der Waals surface area (Å²) in [6, 6.07) is 0. The quantitative estimate of drug-likeness (QED) is 0.134. The van der Waals surface area contributed by atoms with Crippen molar-refractivity contribution >= 4 is 23.5 Å². The Kier molecular flexibility index (Phi) is 10.9. The summed E-state index contributed by atoms with van der Waals surface area (Å²) < 4.78 is 10.1. The van der Waals surface area contributed by atoms with Crippen molar-refractivity contribution in [3.05, 3.63) is 34.4 Å². The highest BCUT2D eigenvalue weighted by Gasteiger charge is 2.32. The molecule has 0 aliphatic heterocycles. The zero-order chi connectivity index (χ0) is 26.9. The van der Waals surface area contributed by atoms with E-state index in [2.05, 4.69) is 34.6 Å². The van der Waals surface area contributed by atoms with Gasteiger partial charge in [0.15, 0.2) is 11.6 Å². The molecular weight excluding hydrogens is 456 g/mol. The van der Waals surface area contributed by atoms with Crippen LogP contribution in [0, 0.1) is 10.8 Å². The molecule has 6 nitrogen and oxygen atoms in total.